The van der Waals surface area contributed by atoms with E-state index in [0.717, 1.165) is 16.1 Å². The van der Waals surface area contributed by atoms with Crippen molar-refractivity contribution in [3.05, 3.63) is 28.7 Å². The van der Waals surface area contributed by atoms with Gasteiger partial charge in [0.1, 0.15) is 18.5 Å². The lowest BCUT2D eigenvalue weighted by Crippen LogP contribution is -2.40. The van der Waals surface area contributed by atoms with Crippen molar-refractivity contribution in [3.63, 3.8) is 0 Å². The van der Waals surface area contributed by atoms with E-state index in [9.17, 15) is 5.11 Å². The van der Waals surface area contributed by atoms with E-state index >= 15 is 0 Å². The molecule has 1 aliphatic carbocycles. The molecule has 2 N–H and O–H groups in total. The molecule has 0 radical (unpaired) electrons. The monoisotopic (exact) mass is 355 g/mol. The first-order valence-electron chi connectivity index (χ1n) is 7.97. The quantitative estimate of drug-likeness (QED) is 0.782. The number of ether oxygens (including phenoxy) is 1. The molecule has 1 aromatic rings. The van der Waals surface area contributed by atoms with Crippen LogP contribution in [0.25, 0.3) is 0 Å². The van der Waals surface area contributed by atoms with Crippen LogP contribution in [0, 0.1) is 5.92 Å². The molecule has 3 atom stereocenters. The third-order valence-electron chi connectivity index (χ3n) is 4.26. The summed E-state index contributed by atoms with van der Waals surface area (Å²) in [5, 5.41) is 13.5. The summed E-state index contributed by atoms with van der Waals surface area (Å²) < 4.78 is 6.62. The molecule has 0 amide bonds. The van der Waals surface area contributed by atoms with Crippen molar-refractivity contribution in [2.75, 3.05) is 13.2 Å². The molecule has 4 heteroatoms. The van der Waals surface area contributed by atoms with Gasteiger partial charge in [0.05, 0.1) is 0 Å². The van der Waals surface area contributed by atoms with Gasteiger partial charge in [-0.25, -0.2) is 0 Å². The summed E-state index contributed by atoms with van der Waals surface area (Å²) in [5.41, 5.74) is 0. The third kappa shape index (κ3) is 5.97. The van der Waals surface area contributed by atoms with Crippen molar-refractivity contribution in [3.8, 4) is 5.75 Å². The molecular weight excluding hydrogens is 330 g/mol. The highest BCUT2D eigenvalue weighted by Gasteiger charge is 2.20. The van der Waals surface area contributed by atoms with Gasteiger partial charge in [-0.15, -0.1) is 0 Å². The Morgan fingerprint density at radius 2 is 2.10 bits per heavy atom. The zero-order valence-electron chi connectivity index (χ0n) is 12.7. The number of nitrogens with one attached hydrogen (secondary N) is 1. The van der Waals surface area contributed by atoms with E-state index in [1.165, 1.54) is 32.1 Å². The standard InChI is InChI=1S/C17H26BrNO2/c1-2-13-4-3-5-15(10-13)19-11-16(20)12-21-17-8-6-14(18)7-9-17/h6-9,13,15-16,19-20H,2-5,10-12H2,1H3. The molecule has 0 spiro atoms. The van der Waals surface area contributed by atoms with Crippen molar-refractivity contribution in [2.24, 2.45) is 5.92 Å². The van der Waals surface area contributed by atoms with Gasteiger partial charge < -0.3 is 15.2 Å². The molecule has 1 saturated carbocycles. The highest BCUT2D eigenvalue weighted by Crippen LogP contribution is 2.26. The van der Waals surface area contributed by atoms with Gasteiger partial charge in [-0.3, -0.25) is 0 Å². The van der Waals surface area contributed by atoms with Gasteiger partial charge in [-0.05, 0) is 43.0 Å². The first-order chi connectivity index (χ1) is 10.2. The fourth-order valence-electron chi connectivity index (χ4n) is 2.93. The summed E-state index contributed by atoms with van der Waals surface area (Å²) >= 11 is 3.39. The number of aliphatic hydroxyl groups excluding tert-OH is 1. The first-order valence-corrected chi connectivity index (χ1v) is 8.76. The van der Waals surface area contributed by atoms with Gasteiger partial charge in [0.2, 0.25) is 0 Å². The second-order valence-electron chi connectivity index (χ2n) is 5.96. The van der Waals surface area contributed by atoms with Crippen molar-refractivity contribution in [1.82, 2.24) is 5.32 Å². The van der Waals surface area contributed by atoms with Crippen LogP contribution in [0.2, 0.25) is 0 Å². The number of rotatable bonds is 7. The summed E-state index contributed by atoms with van der Waals surface area (Å²) in [4.78, 5) is 0. The zero-order valence-corrected chi connectivity index (χ0v) is 14.3. The smallest absolute Gasteiger partial charge is 0.119 e. The molecule has 0 aliphatic heterocycles. The maximum Gasteiger partial charge on any atom is 0.119 e. The minimum absolute atomic E-state index is 0.332. The molecule has 1 aromatic carbocycles. The van der Waals surface area contributed by atoms with Crippen molar-refractivity contribution < 1.29 is 9.84 Å². The maximum atomic E-state index is 10.0. The Morgan fingerprint density at radius 1 is 1.33 bits per heavy atom. The Balaban J connectivity index is 1.65. The second-order valence-corrected chi connectivity index (χ2v) is 6.88. The summed E-state index contributed by atoms with van der Waals surface area (Å²) in [6.45, 7) is 3.21. The molecule has 3 nitrogen and oxygen atoms in total. The van der Waals surface area contributed by atoms with Crippen LogP contribution in [0.1, 0.15) is 39.0 Å². The fourth-order valence-corrected chi connectivity index (χ4v) is 3.20. The zero-order chi connectivity index (χ0) is 15.1. The van der Waals surface area contributed by atoms with Gasteiger partial charge in [-0.2, -0.15) is 0 Å². The molecule has 0 bridgehead atoms. The van der Waals surface area contributed by atoms with Gasteiger partial charge in [0, 0.05) is 17.1 Å². The van der Waals surface area contributed by atoms with E-state index in [4.69, 9.17) is 4.74 Å². The van der Waals surface area contributed by atoms with Crippen LogP contribution in [0.15, 0.2) is 28.7 Å². The molecule has 1 aliphatic rings. The summed E-state index contributed by atoms with van der Waals surface area (Å²) in [6.07, 6.45) is 5.96. The minimum atomic E-state index is -0.462. The highest BCUT2D eigenvalue weighted by atomic mass is 79.9. The number of hydrogen-bond donors (Lipinski definition) is 2. The van der Waals surface area contributed by atoms with E-state index in [1.54, 1.807) is 0 Å². The predicted molar refractivity (Wildman–Crippen MR) is 89.7 cm³/mol. The van der Waals surface area contributed by atoms with Crippen molar-refractivity contribution in [2.45, 2.75) is 51.2 Å². The van der Waals surface area contributed by atoms with Crippen molar-refractivity contribution >= 4 is 15.9 Å². The fraction of sp³-hybridized carbons (Fsp3) is 0.647. The van der Waals surface area contributed by atoms with Gasteiger partial charge in [0.15, 0.2) is 0 Å². The van der Waals surface area contributed by atoms with Crippen LogP contribution >= 0.6 is 15.9 Å². The summed E-state index contributed by atoms with van der Waals surface area (Å²) in [5.74, 6) is 1.65. The van der Waals surface area contributed by atoms with E-state index < -0.39 is 6.10 Å². The Labute approximate surface area is 136 Å². The van der Waals surface area contributed by atoms with Crippen LogP contribution < -0.4 is 10.1 Å². The van der Waals surface area contributed by atoms with Gasteiger partial charge >= 0.3 is 0 Å². The summed E-state index contributed by atoms with van der Waals surface area (Å²) in [7, 11) is 0. The van der Waals surface area contributed by atoms with Crippen LogP contribution in [0.5, 0.6) is 5.75 Å². The van der Waals surface area contributed by atoms with Gasteiger partial charge in [-0.1, -0.05) is 42.1 Å². The Kier molecular flexibility index (Phi) is 7.00. The molecule has 0 saturated heterocycles. The Morgan fingerprint density at radius 3 is 2.81 bits per heavy atom. The van der Waals surface area contributed by atoms with Crippen LogP contribution in [-0.2, 0) is 0 Å². The maximum absolute atomic E-state index is 10.0. The predicted octanol–water partition coefficient (Wildman–Crippen LogP) is 3.75. The Hall–Kier alpha value is -0.580. The van der Waals surface area contributed by atoms with E-state index in [-0.39, 0.29) is 0 Å². The van der Waals surface area contributed by atoms with Crippen molar-refractivity contribution in [1.29, 1.82) is 0 Å². The first kappa shape index (κ1) is 16.8. The number of hydrogen-bond acceptors (Lipinski definition) is 3. The molecule has 3 unspecified atom stereocenters. The second kappa shape index (κ2) is 8.76. The minimum Gasteiger partial charge on any atom is -0.491 e. The SMILES string of the molecule is CCC1CCCC(NCC(O)COc2ccc(Br)cc2)C1. The molecule has 21 heavy (non-hydrogen) atoms. The van der Waals surface area contributed by atoms with E-state index in [0.29, 0.717) is 19.2 Å². The third-order valence-corrected chi connectivity index (χ3v) is 4.79. The van der Waals surface area contributed by atoms with E-state index in [1.807, 2.05) is 24.3 Å². The van der Waals surface area contributed by atoms with Crippen LogP contribution in [-0.4, -0.2) is 30.4 Å². The molecule has 118 valence electrons. The van der Waals surface area contributed by atoms with Crippen LogP contribution in [0.3, 0.4) is 0 Å². The molecular formula is C17H26BrNO2. The lowest BCUT2D eigenvalue weighted by Gasteiger charge is -2.29. The highest BCUT2D eigenvalue weighted by molar-refractivity contribution is 9.10. The number of halogens is 1. The average Bonchev–Trinajstić information content (AvgIpc) is 2.52. The lowest BCUT2D eigenvalue weighted by atomic mass is 9.84. The number of aliphatic hydroxyl groups is 1. The van der Waals surface area contributed by atoms with E-state index in [2.05, 4.69) is 28.2 Å². The molecule has 1 fully saturated rings. The molecule has 0 heterocycles. The topological polar surface area (TPSA) is 41.5 Å². The van der Waals surface area contributed by atoms with Crippen LogP contribution in [0.4, 0.5) is 0 Å². The molecule has 0 aromatic heterocycles. The largest absolute Gasteiger partial charge is 0.491 e. The average molecular weight is 356 g/mol. The molecule has 2 rings (SSSR count). The lowest BCUT2D eigenvalue weighted by molar-refractivity contribution is 0.1000. The number of benzene rings is 1. The Bertz CT molecular complexity index is 410. The normalized spacial score (nSPS) is 23.8. The van der Waals surface area contributed by atoms with Gasteiger partial charge in [0.25, 0.3) is 0 Å². The summed E-state index contributed by atoms with van der Waals surface area (Å²) in [6, 6.07) is 8.24.